The number of pyridine rings is 1. The van der Waals surface area contributed by atoms with E-state index in [1.807, 2.05) is 37.8 Å². The van der Waals surface area contributed by atoms with Gasteiger partial charge in [-0.2, -0.15) is 0 Å². The van der Waals surface area contributed by atoms with E-state index in [2.05, 4.69) is 16.0 Å². The Kier molecular flexibility index (Phi) is 4.58. The summed E-state index contributed by atoms with van der Waals surface area (Å²) in [5.74, 6) is 0.725. The van der Waals surface area contributed by atoms with E-state index >= 15 is 0 Å². The second kappa shape index (κ2) is 7.04. The van der Waals surface area contributed by atoms with Crippen molar-refractivity contribution in [1.29, 1.82) is 0 Å². The molecule has 6 heteroatoms. The zero-order valence-corrected chi connectivity index (χ0v) is 15.8. The molecule has 1 fully saturated rings. The maximum absolute atomic E-state index is 13.3. The molecule has 0 unspecified atom stereocenters. The molecule has 2 aromatic heterocycles. The molecule has 1 aliphatic heterocycles. The number of fused-ring (bicyclic) bond motifs is 1. The lowest BCUT2D eigenvalue weighted by atomic mass is 9.98. The van der Waals surface area contributed by atoms with Gasteiger partial charge in [0.25, 0.3) is 5.91 Å². The topological polar surface area (TPSA) is 68.2 Å². The summed E-state index contributed by atoms with van der Waals surface area (Å²) in [6.45, 7) is 8.28. The Bertz CT molecular complexity index is 1010. The smallest absolute Gasteiger partial charge is 0.254 e. The van der Waals surface area contributed by atoms with Gasteiger partial charge in [0.2, 0.25) is 0 Å². The number of rotatable bonds is 2. The normalized spacial score (nSPS) is 14.6. The first-order valence-electron chi connectivity index (χ1n) is 9.11. The van der Waals surface area contributed by atoms with Crippen LogP contribution in [0.15, 0.2) is 30.6 Å². The maximum atomic E-state index is 13.3. The predicted octanol–water partition coefficient (Wildman–Crippen LogP) is 3.09. The number of amides is 1. The van der Waals surface area contributed by atoms with Crippen LogP contribution in [0.1, 0.15) is 27.3 Å². The zero-order chi connectivity index (χ0) is 19.0. The van der Waals surface area contributed by atoms with Crippen LogP contribution >= 0.6 is 0 Å². The molecule has 138 valence electrons. The van der Waals surface area contributed by atoms with Crippen LogP contribution < -0.4 is 0 Å². The Morgan fingerprint density at radius 1 is 1.04 bits per heavy atom. The van der Waals surface area contributed by atoms with E-state index in [0.717, 1.165) is 27.6 Å². The fourth-order valence-electron chi connectivity index (χ4n) is 3.53. The average molecular weight is 362 g/mol. The van der Waals surface area contributed by atoms with Gasteiger partial charge in [-0.05, 0) is 44.0 Å². The molecule has 1 amide bonds. The van der Waals surface area contributed by atoms with Crippen LogP contribution in [0.2, 0.25) is 0 Å². The fraction of sp³-hybridized carbons (Fsp3) is 0.333. The first-order chi connectivity index (χ1) is 13.0. The SMILES string of the molecule is Cc1cc(C)c2c(C(=O)N3CCOCC3)cc(-c3cnc(C)nc3)nc2c1. The quantitative estimate of drug-likeness (QED) is 0.701. The lowest BCUT2D eigenvalue weighted by Crippen LogP contribution is -2.40. The minimum atomic E-state index is 0.0203. The summed E-state index contributed by atoms with van der Waals surface area (Å²) in [4.78, 5) is 28.5. The second-order valence-corrected chi connectivity index (χ2v) is 6.95. The Morgan fingerprint density at radius 3 is 2.44 bits per heavy atom. The molecule has 0 saturated carbocycles. The summed E-state index contributed by atoms with van der Waals surface area (Å²) in [5.41, 5.74) is 5.19. The molecule has 27 heavy (non-hydrogen) atoms. The maximum Gasteiger partial charge on any atom is 0.254 e. The summed E-state index contributed by atoms with van der Waals surface area (Å²) in [6, 6.07) is 5.99. The van der Waals surface area contributed by atoms with Crippen molar-refractivity contribution in [2.45, 2.75) is 20.8 Å². The molecule has 1 aromatic carbocycles. The second-order valence-electron chi connectivity index (χ2n) is 6.95. The molecule has 6 nitrogen and oxygen atoms in total. The number of nitrogens with zero attached hydrogens (tertiary/aromatic N) is 4. The van der Waals surface area contributed by atoms with Crippen molar-refractivity contribution in [3.8, 4) is 11.3 Å². The molecule has 0 spiro atoms. The number of aryl methyl sites for hydroxylation is 3. The van der Waals surface area contributed by atoms with Gasteiger partial charge in [0.15, 0.2) is 0 Å². The lowest BCUT2D eigenvalue weighted by molar-refractivity contribution is 0.0304. The number of ether oxygens (including phenoxy) is 1. The standard InChI is InChI=1S/C21H22N4O2/c1-13-8-14(2)20-17(21(26)25-4-6-27-7-5-25)10-18(24-19(20)9-13)16-11-22-15(3)23-12-16/h8-12H,4-7H2,1-3H3. The van der Waals surface area contributed by atoms with Gasteiger partial charge in [-0.25, -0.2) is 15.0 Å². The highest BCUT2D eigenvalue weighted by molar-refractivity contribution is 6.08. The molecule has 0 bridgehead atoms. The van der Waals surface area contributed by atoms with Crippen molar-refractivity contribution in [1.82, 2.24) is 19.9 Å². The van der Waals surface area contributed by atoms with E-state index in [1.54, 1.807) is 12.4 Å². The zero-order valence-electron chi connectivity index (χ0n) is 15.8. The Balaban J connectivity index is 1.91. The number of carbonyl (C=O) groups excluding carboxylic acids is 1. The van der Waals surface area contributed by atoms with Crippen molar-refractivity contribution in [2.75, 3.05) is 26.3 Å². The molecule has 0 atom stereocenters. The van der Waals surface area contributed by atoms with E-state index in [4.69, 9.17) is 9.72 Å². The predicted molar refractivity (Wildman–Crippen MR) is 104 cm³/mol. The van der Waals surface area contributed by atoms with Crippen LogP contribution in [-0.4, -0.2) is 52.1 Å². The Labute approximate surface area is 158 Å². The van der Waals surface area contributed by atoms with Crippen molar-refractivity contribution >= 4 is 16.8 Å². The van der Waals surface area contributed by atoms with Crippen LogP contribution in [0.5, 0.6) is 0 Å². The first kappa shape index (κ1) is 17.5. The number of aromatic nitrogens is 3. The summed E-state index contributed by atoms with van der Waals surface area (Å²) in [7, 11) is 0. The van der Waals surface area contributed by atoms with Crippen LogP contribution in [0.3, 0.4) is 0 Å². The van der Waals surface area contributed by atoms with Crippen LogP contribution in [0.25, 0.3) is 22.2 Å². The van der Waals surface area contributed by atoms with Gasteiger partial charge in [-0.3, -0.25) is 4.79 Å². The molecule has 3 aromatic rings. The molecule has 4 rings (SSSR count). The van der Waals surface area contributed by atoms with Gasteiger partial charge >= 0.3 is 0 Å². The molecule has 1 saturated heterocycles. The van der Waals surface area contributed by atoms with Gasteiger partial charge in [0.1, 0.15) is 5.82 Å². The van der Waals surface area contributed by atoms with E-state index < -0.39 is 0 Å². The number of morpholine rings is 1. The van der Waals surface area contributed by atoms with Crippen LogP contribution in [-0.2, 0) is 4.74 Å². The minimum Gasteiger partial charge on any atom is -0.378 e. The molecule has 0 N–H and O–H groups in total. The molecule has 1 aliphatic rings. The Morgan fingerprint density at radius 2 is 1.74 bits per heavy atom. The summed E-state index contributed by atoms with van der Waals surface area (Å²) < 4.78 is 5.39. The van der Waals surface area contributed by atoms with E-state index in [1.165, 1.54) is 0 Å². The van der Waals surface area contributed by atoms with Gasteiger partial charge < -0.3 is 9.64 Å². The van der Waals surface area contributed by atoms with Gasteiger partial charge in [0, 0.05) is 36.4 Å². The molecule has 0 radical (unpaired) electrons. The third kappa shape index (κ3) is 3.40. The Hall–Kier alpha value is -2.86. The van der Waals surface area contributed by atoms with Gasteiger partial charge in [0.05, 0.1) is 30.0 Å². The minimum absolute atomic E-state index is 0.0203. The van der Waals surface area contributed by atoms with Crippen LogP contribution in [0.4, 0.5) is 0 Å². The van der Waals surface area contributed by atoms with E-state index in [9.17, 15) is 4.79 Å². The number of carbonyl (C=O) groups is 1. The van der Waals surface area contributed by atoms with E-state index in [0.29, 0.717) is 43.4 Å². The van der Waals surface area contributed by atoms with Gasteiger partial charge in [-0.15, -0.1) is 0 Å². The largest absolute Gasteiger partial charge is 0.378 e. The highest BCUT2D eigenvalue weighted by atomic mass is 16.5. The number of hydrogen-bond acceptors (Lipinski definition) is 5. The third-order valence-corrected chi connectivity index (χ3v) is 4.86. The third-order valence-electron chi connectivity index (χ3n) is 4.86. The molecule has 0 aliphatic carbocycles. The van der Waals surface area contributed by atoms with E-state index in [-0.39, 0.29) is 5.91 Å². The van der Waals surface area contributed by atoms with Gasteiger partial charge in [-0.1, -0.05) is 6.07 Å². The summed E-state index contributed by atoms with van der Waals surface area (Å²) in [5, 5.41) is 0.911. The van der Waals surface area contributed by atoms with Crippen molar-refractivity contribution in [2.24, 2.45) is 0 Å². The van der Waals surface area contributed by atoms with Crippen molar-refractivity contribution in [3.63, 3.8) is 0 Å². The highest BCUT2D eigenvalue weighted by Gasteiger charge is 2.23. The lowest BCUT2D eigenvalue weighted by Gasteiger charge is -2.27. The van der Waals surface area contributed by atoms with Crippen molar-refractivity contribution < 1.29 is 9.53 Å². The monoisotopic (exact) mass is 362 g/mol. The summed E-state index contributed by atoms with van der Waals surface area (Å²) >= 11 is 0. The van der Waals surface area contributed by atoms with Crippen LogP contribution in [0, 0.1) is 20.8 Å². The number of benzene rings is 1. The first-order valence-corrected chi connectivity index (χ1v) is 9.11. The molecular formula is C21H22N4O2. The number of hydrogen-bond donors (Lipinski definition) is 0. The highest BCUT2D eigenvalue weighted by Crippen LogP contribution is 2.29. The molecule has 3 heterocycles. The average Bonchev–Trinajstić information content (AvgIpc) is 2.67. The fourth-order valence-corrected chi connectivity index (χ4v) is 3.53. The molecular weight excluding hydrogens is 340 g/mol. The summed E-state index contributed by atoms with van der Waals surface area (Å²) in [6.07, 6.45) is 3.50. The van der Waals surface area contributed by atoms with Crippen molar-refractivity contribution in [3.05, 3.63) is 53.1 Å².